The standard InChI is InChI=1S/C7H15NO2/c1-3-4-7(10)8-6(2)5-9/h6,9H,3-5H2,1-2H3,(H,8,10). The number of carbonyl (C=O) groups is 1. The van der Waals surface area contributed by atoms with E-state index < -0.39 is 0 Å². The molecular formula is C7H15NO2. The Hall–Kier alpha value is -0.570. The minimum absolute atomic E-state index is 0.00938. The molecule has 3 nitrogen and oxygen atoms in total. The van der Waals surface area contributed by atoms with Crippen LogP contribution in [0.1, 0.15) is 26.7 Å². The highest BCUT2D eigenvalue weighted by atomic mass is 16.3. The SMILES string of the molecule is CCCC(=O)NC(C)CO. The van der Waals surface area contributed by atoms with Crippen molar-refractivity contribution >= 4 is 5.91 Å². The number of hydrogen-bond acceptors (Lipinski definition) is 2. The van der Waals surface area contributed by atoms with E-state index in [0.717, 1.165) is 6.42 Å². The monoisotopic (exact) mass is 145 g/mol. The lowest BCUT2D eigenvalue weighted by Gasteiger charge is -2.09. The van der Waals surface area contributed by atoms with E-state index >= 15 is 0 Å². The van der Waals surface area contributed by atoms with Crippen molar-refractivity contribution in [2.45, 2.75) is 32.7 Å². The van der Waals surface area contributed by atoms with Crippen LogP contribution in [0.25, 0.3) is 0 Å². The molecule has 0 heterocycles. The average Bonchev–Trinajstić information content (AvgIpc) is 1.88. The molecule has 0 rings (SSSR count). The molecular weight excluding hydrogens is 130 g/mol. The molecule has 2 N–H and O–H groups in total. The van der Waals surface area contributed by atoms with Crippen molar-refractivity contribution in [1.29, 1.82) is 0 Å². The second-order valence-electron chi connectivity index (χ2n) is 2.40. The highest BCUT2D eigenvalue weighted by Crippen LogP contribution is 1.87. The predicted octanol–water partition coefficient (Wildman–Crippen LogP) is 0.283. The molecule has 3 heteroatoms. The maximum absolute atomic E-state index is 10.8. The Balaban J connectivity index is 3.37. The normalized spacial score (nSPS) is 12.7. The number of aliphatic hydroxyl groups is 1. The van der Waals surface area contributed by atoms with E-state index in [1.807, 2.05) is 6.92 Å². The van der Waals surface area contributed by atoms with E-state index in [4.69, 9.17) is 5.11 Å². The van der Waals surface area contributed by atoms with Crippen LogP contribution >= 0.6 is 0 Å². The number of rotatable bonds is 4. The summed E-state index contributed by atoms with van der Waals surface area (Å²) < 4.78 is 0. The van der Waals surface area contributed by atoms with Gasteiger partial charge in [-0.05, 0) is 13.3 Å². The second-order valence-corrected chi connectivity index (χ2v) is 2.40. The number of hydrogen-bond donors (Lipinski definition) is 2. The molecule has 0 saturated carbocycles. The molecule has 0 fully saturated rings. The number of nitrogens with one attached hydrogen (secondary N) is 1. The van der Waals surface area contributed by atoms with E-state index in [1.165, 1.54) is 0 Å². The molecule has 0 aliphatic rings. The summed E-state index contributed by atoms with van der Waals surface area (Å²) in [5.41, 5.74) is 0. The van der Waals surface area contributed by atoms with Gasteiger partial charge in [0.1, 0.15) is 0 Å². The lowest BCUT2D eigenvalue weighted by Crippen LogP contribution is -2.34. The van der Waals surface area contributed by atoms with Gasteiger partial charge in [0.05, 0.1) is 6.61 Å². The molecule has 0 spiro atoms. The van der Waals surface area contributed by atoms with Crippen molar-refractivity contribution in [1.82, 2.24) is 5.32 Å². The fourth-order valence-corrected chi connectivity index (χ4v) is 0.620. The first kappa shape index (κ1) is 9.43. The predicted molar refractivity (Wildman–Crippen MR) is 39.6 cm³/mol. The lowest BCUT2D eigenvalue weighted by molar-refractivity contribution is -0.122. The fraction of sp³-hybridized carbons (Fsp3) is 0.857. The molecule has 1 unspecified atom stereocenters. The fourth-order valence-electron chi connectivity index (χ4n) is 0.620. The molecule has 0 aromatic rings. The first-order valence-corrected chi connectivity index (χ1v) is 3.61. The van der Waals surface area contributed by atoms with Crippen molar-refractivity contribution in [3.8, 4) is 0 Å². The van der Waals surface area contributed by atoms with Crippen LogP contribution in [0.5, 0.6) is 0 Å². The van der Waals surface area contributed by atoms with E-state index in [-0.39, 0.29) is 18.6 Å². The van der Waals surface area contributed by atoms with Gasteiger partial charge < -0.3 is 10.4 Å². The van der Waals surface area contributed by atoms with Crippen molar-refractivity contribution in [3.63, 3.8) is 0 Å². The summed E-state index contributed by atoms with van der Waals surface area (Å²) in [5.74, 6) is 0.0176. The Morgan fingerprint density at radius 3 is 2.70 bits per heavy atom. The molecule has 1 atom stereocenters. The van der Waals surface area contributed by atoms with Crippen LogP contribution < -0.4 is 5.32 Å². The molecule has 10 heavy (non-hydrogen) atoms. The van der Waals surface area contributed by atoms with E-state index in [1.54, 1.807) is 6.92 Å². The van der Waals surface area contributed by atoms with Gasteiger partial charge in [-0.1, -0.05) is 6.92 Å². The first-order valence-electron chi connectivity index (χ1n) is 3.61. The third-order valence-corrected chi connectivity index (χ3v) is 1.16. The minimum atomic E-state index is -0.112. The highest BCUT2D eigenvalue weighted by molar-refractivity contribution is 5.76. The van der Waals surface area contributed by atoms with Crippen LogP contribution in [0.3, 0.4) is 0 Å². The smallest absolute Gasteiger partial charge is 0.220 e. The van der Waals surface area contributed by atoms with E-state index in [2.05, 4.69) is 5.32 Å². The van der Waals surface area contributed by atoms with Crippen LogP contribution in [-0.2, 0) is 4.79 Å². The number of carbonyl (C=O) groups excluding carboxylic acids is 1. The maximum Gasteiger partial charge on any atom is 0.220 e. The van der Waals surface area contributed by atoms with Crippen molar-refractivity contribution < 1.29 is 9.90 Å². The zero-order valence-corrected chi connectivity index (χ0v) is 6.55. The van der Waals surface area contributed by atoms with Crippen LogP contribution in [0.15, 0.2) is 0 Å². The molecule has 1 amide bonds. The summed E-state index contributed by atoms with van der Waals surface area (Å²) in [6, 6.07) is -0.112. The summed E-state index contributed by atoms with van der Waals surface area (Å²) in [6.45, 7) is 3.73. The van der Waals surface area contributed by atoms with Crippen LogP contribution in [0, 0.1) is 0 Å². The molecule has 0 aromatic heterocycles. The van der Waals surface area contributed by atoms with Crippen LogP contribution in [0.2, 0.25) is 0 Å². The average molecular weight is 145 g/mol. The molecule has 0 saturated heterocycles. The third kappa shape index (κ3) is 4.32. The van der Waals surface area contributed by atoms with Gasteiger partial charge >= 0.3 is 0 Å². The number of amides is 1. The topological polar surface area (TPSA) is 49.3 Å². The second kappa shape index (κ2) is 5.23. The molecule has 60 valence electrons. The van der Waals surface area contributed by atoms with Crippen molar-refractivity contribution in [3.05, 3.63) is 0 Å². The first-order chi connectivity index (χ1) is 4.70. The Morgan fingerprint density at radius 2 is 2.30 bits per heavy atom. The van der Waals surface area contributed by atoms with Gasteiger partial charge in [0.2, 0.25) is 5.91 Å². The molecule has 0 aliphatic carbocycles. The van der Waals surface area contributed by atoms with Gasteiger partial charge in [-0.15, -0.1) is 0 Å². The zero-order valence-electron chi connectivity index (χ0n) is 6.55. The van der Waals surface area contributed by atoms with Gasteiger partial charge in [-0.25, -0.2) is 0 Å². The summed E-state index contributed by atoms with van der Waals surface area (Å²) in [5, 5.41) is 11.2. The zero-order chi connectivity index (χ0) is 7.98. The van der Waals surface area contributed by atoms with Crippen molar-refractivity contribution in [2.24, 2.45) is 0 Å². The minimum Gasteiger partial charge on any atom is -0.394 e. The third-order valence-electron chi connectivity index (χ3n) is 1.16. The van der Waals surface area contributed by atoms with E-state index in [9.17, 15) is 4.79 Å². The summed E-state index contributed by atoms with van der Waals surface area (Å²) in [6.07, 6.45) is 1.40. The van der Waals surface area contributed by atoms with Crippen molar-refractivity contribution in [2.75, 3.05) is 6.61 Å². The molecule has 0 aromatic carbocycles. The quantitative estimate of drug-likeness (QED) is 0.597. The molecule has 0 radical (unpaired) electrons. The van der Waals surface area contributed by atoms with Gasteiger partial charge in [-0.3, -0.25) is 4.79 Å². The summed E-state index contributed by atoms with van der Waals surface area (Å²) >= 11 is 0. The summed E-state index contributed by atoms with van der Waals surface area (Å²) in [4.78, 5) is 10.8. The van der Waals surface area contributed by atoms with Gasteiger partial charge in [0.25, 0.3) is 0 Å². The Bertz CT molecular complexity index is 104. The highest BCUT2D eigenvalue weighted by Gasteiger charge is 2.03. The molecule has 0 bridgehead atoms. The van der Waals surface area contributed by atoms with Gasteiger partial charge in [0, 0.05) is 12.5 Å². The summed E-state index contributed by atoms with van der Waals surface area (Å²) in [7, 11) is 0. The van der Waals surface area contributed by atoms with Gasteiger partial charge in [0.15, 0.2) is 0 Å². The molecule has 0 aliphatic heterocycles. The Morgan fingerprint density at radius 1 is 1.70 bits per heavy atom. The Kier molecular flexibility index (Phi) is 4.94. The number of aliphatic hydroxyl groups excluding tert-OH is 1. The van der Waals surface area contributed by atoms with Gasteiger partial charge in [-0.2, -0.15) is 0 Å². The maximum atomic E-state index is 10.8. The van der Waals surface area contributed by atoms with E-state index in [0.29, 0.717) is 6.42 Å². The van der Waals surface area contributed by atoms with Crippen LogP contribution in [0.4, 0.5) is 0 Å². The van der Waals surface area contributed by atoms with Crippen LogP contribution in [-0.4, -0.2) is 23.7 Å². The largest absolute Gasteiger partial charge is 0.394 e. The lowest BCUT2D eigenvalue weighted by atomic mass is 10.3. The Labute approximate surface area is 61.4 Å².